The van der Waals surface area contributed by atoms with Crippen LogP contribution in [-0.4, -0.2) is 34.8 Å². The van der Waals surface area contributed by atoms with Gasteiger partial charge in [0.05, 0.1) is 5.69 Å². The van der Waals surface area contributed by atoms with Gasteiger partial charge < -0.3 is 9.64 Å². The molecule has 0 saturated carbocycles. The Morgan fingerprint density at radius 2 is 1.68 bits per heavy atom. The number of hydrogen-bond acceptors (Lipinski definition) is 4. The van der Waals surface area contributed by atoms with E-state index < -0.39 is 5.97 Å². The van der Waals surface area contributed by atoms with Crippen molar-refractivity contribution in [3.05, 3.63) is 102 Å². The van der Waals surface area contributed by atoms with Gasteiger partial charge in [0, 0.05) is 24.0 Å². The van der Waals surface area contributed by atoms with E-state index >= 15 is 0 Å². The average molecular weight is 452 g/mol. The number of carbonyl (C=O) groups is 2. The van der Waals surface area contributed by atoms with Crippen LogP contribution in [0.1, 0.15) is 27.9 Å². The summed E-state index contributed by atoms with van der Waals surface area (Å²) in [6.07, 6.45) is 3.49. The van der Waals surface area contributed by atoms with Crippen LogP contribution in [0.5, 0.6) is 0 Å². The van der Waals surface area contributed by atoms with Crippen molar-refractivity contribution in [1.29, 1.82) is 0 Å². The summed E-state index contributed by atoms with van der Waals surface area (Å²) in [5.74, 6) is -0.802. The van der Waals surface area contributed by atoms with Crippen molar-refractivity contribution in [3.8, 4) is 16.9 Å². The standard InChI is InChI=1S/C28H25N3O3/c1-20-13-15-22(16-14-20)27-24(18-31(29-27)23-10-3-2-4-11-23)28(33)34-19-26(32)30-17-7-9-21-8-5-6-12-25(21)30/h2-6,8,10-16,18H,7,9,17,19H2,1H3. The number of rotatable bonds is 5. The van der Waals surface area contributed by atoms with Crippen LogP contribution in [0.4, 0.5) is 5.69 Å². The van der Waals surface area contributed by atoms with Crippen molar-refractivity contribution >= 4 is 17.6 Å². The number of carbonyl (C=O) groups excluding carboxylic acids is 2. The van der Waals surface area contributed by atoms with E-state index in [0.717, 1.165) is 40.9 Å². The van der Waals surface area contributed by atoms with Crippen molar-refractivity contribution in [2.24, 2.45) is 0 Å². The molecule has 170 valence electrons. The molecule has 1 aromatic heterocycles. The van der Waals surface area contributed by atoms with Crippen LogP contribution < -0.4 is 4.90 Å². The zero-order valence-corrected chi connectivity index (χ0v) is 19.0. The fourth-order valence-electron chi connectivity index (χ4n) is 4.24. The summed E-state index contributed by atoms with van der Waals surface area (Å²) in [4.78, 5) is 27.8. The largest absolute Gasteiger partial charge is 0.452 e. The predicted molar refractivity (Wildman–Crippen MR) is 131 cm³/mol. The number of fused-ring (bicyclic) bond motifs is 1. The summed E-state index contributed by atoms with van der Waals surface area (Å²) in [5.41, 5.74) is 5.62. The van der Waals surface area contributed by atoms with Crippen LogP contribution in [-0.2, 0) is 16.0 Å². The number of aryl methyl sites for hydroxylation is 2. The van der Waals surface area contributed by atoms with Crippen LogP contribution in [0.3, 0.4) is 0 Å². The van der Waals surface area contributed by atoms with Gasteiger partial charge in [0.15, 0.2) is 6.61 Å². The number of hydrogen-bond donors (Lipinski definition) is 0. The molecule has 3 aromatic carbocycles. The highest BCUT2D eigenvalue weighted by Gasteiger charge is 2.25. The Morgan fingerprint density at radius 3 is 2.47 bits per heavy atom. The van der Waals surface area contributed by atoms with E-state index in [1.54, 1.807) is 15.8 Å². The molecule has 0 spiro atoms. The van der Waals surface area contributed by atoms with Gasteiger partial charge in [-0.1, -0.05) is 66.2 Å². The van der Waals surface area contributed by atoms with Crippen molar-refractivity contribution in [3.63, 3.8) is 0 Å². The maximum absolute atomic E-state index is 13.1. The summed E-state index contributed by atoms with van der Waals surface area (Å²) in [6.45, 7) is 2.30. The molecule has 1 aliphatic heterocycles. The number of nitrogens with zero attached hydrogens (tertiary/aromatic N) is 3. The van der Waals surface area contributed by atoms with Crippen LogP contribution in [0.2, 0.25) is 0 Å². The van der Waals surface area contributed by atoms with Crippen molar-refractivity contribution < 1.29 is 14.3 Å². The maximum Gasteiger partial charge on any atom is 0.342 e. The number of benzene rings is 3. The molecule has 1 amide bonds. The molecule has 0 N–H and O–H groups in total. The van der Waals surface area contributed by atoms with Crippen molar-refractivity contribution in [2.75, 3.05) is 18.1 Å². The first kappa shape index (κ1) is 21.6. The summed E-state index contributed by atoms with van der Waals surface area (Å²) in [5, 5.41) is 4.67. The SMILES string of the molecule is Cc1ccc(-c2nn(-c3ccccc3)cc2C(=O)OCC(=O)N2CCCc3ccccc32)cc1. The summed E-state index contributed by atoms with van der Waals surface area (Å²) >= 11 is 0. The Kier molecular flexibility index (Phi) is 5.95. The van der Waals surface area contributed by atoms with Crippen LogP contribution in [0, 0.1) is 6.92 Å². The minimum Gasteiger partial charge on any atom is -0.452 e. The molecule has 0 saturated heterocycles. The fraction of sp³-hybridized carbons (Fsp3) is 0.179. The molecule has 5 rings (SSSR count). The molecule has 2 heterocycles. The number of esters is 1. The second-order valence-electron chi connectivity index (χ2n) is 8.39. The van der Waals surface area contributed by atoms with Crippen LogP contribution >= 0.6 is 0 Å². The zero-order valence-electron chi connectivity index (χ0n) is 19.0. The number of anilines is 1. The van der Waals surface area contributed by atoms with Gasteiger partial charge in [-0.3, -0.25) is 4.79 Å². The second kappa shape index (κ2) is 9.35. The van der Waals surface area contributed by atoms with Crippen molar-refractivity contribution in [1.82, 2.24) is 9.78 Å². The Bertz CT molecular complexity index is 1330. The molecule has 0 atom stereocenters. The van der Waals surface area contributed by atoms with E-state index in [4.69, 9.17) is 4.74 Å². The molecule has 6 nitrogen and oxygen atoms in total. The smallest absolute Gasteiger partial charge is 0.342 e. The molecular formula is C28H25N3O3. The summed E-state index contributed by atoms with van der Waals surface area (Å²) in [7, 11) is 0. The molecule has 4 aromatic rings. The Balaban J connectivity index is 1.39. The minimum atomic E-state index is -0.573. The fourth-order valence-corrected chi connectivity index (χ4v) is 4.24. The highest BCUT2D eigenvalue weighted by Crippen LogP contribution is 2.28. The molecular weight excluding hydrogens is 426 g/mol. The first-order chi connectivity index (χ1) is 16.6. The van der Waals surface area contributed by atoms with E-state index in [2.05, 4.69) is 5.10 Å². The van der Waals surface area contributed by atoms with Crippen LogP contribution in [0.25, 0.3) is 16.9 Å². The molecule has 34 heavy (non-hydrogen) atoms. The topological polar surface area (TPSA) is 64.4 Å². The van der Waals surface area contributed by atoms with Gasteiger partial charge >= 0.3 is 5.97 Å². The number of amides is 1. The Hall–Kier alpha value is -4.19. The molecule has 0 radical (unpaired) electrons. The average Bonchev–Trinajstić information content (AvgIpc) is 3.33. The van der Waals surface area contributed by atoms with Gasteiger partial charge in [0.25, 0.3) is 5.91 Å². The predicted octanol–water partition coefficient (Wildman–Crippen LogP) is 4.98. The quantitative estimate of drug-likeness (QED) is 0.401. The van der Waals surface area contributed by atoms with Gasteiger partial charge in [-0.2, -0.15) is 5.10 Å². The van der Waals surface area contributed by atoms with E-state index in [-0.39, 0.29) is 12.5 Å². The first-order valence-corrected chi connectivity index (χ1v) is 11.4. The van der Waals surface area contributed by atoms with Gasteiger partial charge in [0.2, 0.25) is 0 Å². The lowest BCUT2D eigenvalue weighted by atomic mass is 10.0. The first-order valence-electron chi connectivity index (χ1n) is 11.4. The highest BCUT2D eigenvalue weighted by molar-refractivity contribution is 6.00. The van der Waals surface area contributed by atoms with E-state index in [1.165, 1.54) is 0 Å². The Labute approximate surface area is 198 Å². The maximum atomic E-state index is 13.1. The van der Waals surface area contributed by atoms with E-state index in [9.17, 15) is 9.59 Å². The van der Waals surface area contributed by atoms with Gasteiger partial charge in [0.1, 0.15) is 11.3 Å². The third-order valence-corrected chi connectivity index (χ3v) is 6.02. The lowest BCUT2D eigenvalue weighted by Gasteiger charge is -2.29. The second-order valence-corrected chi connectivity index (χ2v) is 8.39. The molecule has 0 fully saturated rings. The lowest BCUT2D eigenvalue weighted by molar-refractivity contribution is -0.121. The normalized spacial score (nSPS) is 12.8. The minimum absolute atomic E-state index is 0.229. The lowest BCUT2D eigenvalue weighted by Crippen LogP contribution is -2.38. The van der Waals surface area contributed by atoms with Crippen LogP contribution in [0.15, 0.2) is 85.1 Å². The van der Waals surface area contributed by atoms with E-state index in [1.807, 2.05) is 85.8 Å². The van der Waals surface area contributed by atoms with Gasteiger partial charge in [-0.15, -0.1) is 0 Å². The molecule has 6 heteroatoms. The monoisotopic (exact) mass is 451 g/mol. The summed E-state index contributed by atoms with van der Waals surface area (Å²) < 4.78 is 7.17. The van der Waals surface area contributed by atoms with Gasteiger partial charge in [-0.25, -0.2) is 9.48 Å². The number of aromatic nitrogens is 2. The third kappa shape index (κ3) is 4.35. The van der Waals surface area contributed by atoms with Crippen molar-refractivity contribution in [2.45, 2.75) is 19.8 Å². The third-order valence-electron chi connectivity index (χ3n) is 6.02. The molecule has 0 aliphatic carbocycles. The zero-order chi connectivity index (χ0) is 23.5. The molecule has 0 unspecified atom stereocenters. The Morgan fingerprint density at radius 1 is 0.941 bits per heavy atom. The molecule has 1 aliphatic rings. The molecule has 0 bridgehead atoms. The highest BCUT2D eigenvalue weighted by atomic mass is 16.5. The summed E-state index contributed by atoms with van der Waals surface area (Å²) in [6, 6.07) is 25.3. The number of ether oxygens (including phenoxy) is 1. The number of para-hydroxylation sites is 2. The van der Waals surface area contributed by atoms with Gasteiger partial charge in [-0.05, 0) is 43.5 Å². The van der Waals surface area contributed by atoms with E-state index in [0.29, 0.717) is 17.8 Å².